The first-order chi connectivity index (χ1) is 14.5. The van der Waals surface area contributed by atoms with Crippen LogP contribution in [0, 0.1) is 5.41 Å². The van der Waals surface area contributed by atoms with E-state index in [0.29, 0.717) is 18.2 Å². The van der Waals surface area contributed by atoms with Gasteiger partial charge in [-0.2, -0.15) is 4.98 Å². The lowest BCUT2D eigenvalue weighted by molar-refractivity contribution is -0.118. The Balaban J connectivity index is 1.72. The van der Waals surface area contributed by atoms with Crippen molar-refractivity contribution in [2.24, 2.45) is 5.41 Å². The number of Topliss-reactive ketones (excluding diaryl/α,β-unsaturated/α-hetero) is 1. The standard InChI is InChI=1S/C23H23N5O2/c1-23(2)11-16-19(17(29)12-23)20(15-8-4-5-9-18(15)30-3)28-22(25-16)26-21(27-28)14-7-6-10-24-13-14/h4-10,13,20H,11-12H2,1-3H3,(H,25,26,27). The van der Waals surface area contributed by atoms with Gasteiger partial charge in [0.15, 0.2) is 11.6 Å². The van der Waals surface area contributed by atoms with Gasteiger partial charge < -0.3 is 10.1 Å². The number of rotatable bonds is 3. The zero-order valence-electron chi connectivity index (χ0n) is 17.2. The summed E-state index contributed by atoms with van der Waals surface area (Å²) in [7, 11) is 1.64. The number of carbonyl (C=O) groups excluding carboxylic acids is 1. The number of para-hydroxylation sites is 1. The fourth-order valence-corrected chi connectivity index (χ4v) is 4.41. The predicted octanol–water partition coefficient (Wildman–Crippen LogP) is 4.01. The third kappa shape index (κ3) is 2.98. The maximum absolute atomic E-state index is 13.3. The minimum Gasteiger partial charge on any atom is -0.496 e. The van der Waals surface area contributed by atoms with Crippen LogP contribution in [0.2, 0.25) is 0 Å². The number of ether oxygens (including phenoxy) is 1. The number of pyridine rings is 1. The molecule has 1 unspecified atom stereocenters. The maximum Gasteiger partial charge on any atom is 0.226 e. The molecule has 0 saturated carbocycles. The van der Waals surface area contributed by atoms with E-state index in [4.69, 9.17) is 14.8 Å². The number of allylic oxidation sites excluding steroid dienone is 2. The second-order valence-corrected chi connectivity index (χ2v) is 8.55. The van der Waals surface area contributed by atoms with Crippen molar-refractivity contribution in [3.63, 3.8) is 0 Å². The molecule has 0 spiro atoms. The molecule has 5 rings (SSSR count). The van der Waals surface area contributed by atoms with Crippen molar-refractivity contribution >= 4 is 11.7 Å². The zero-order valence-corrected chi connectivity index (χ0v) is 17.2. The molecule has 0 fully saturated rings. The van der Waals surface area contributed by atoms with Gasteiger partial charge in [0.25, 0.3) is 0 Å². The molecule has 0 radical (unpaired) electrons. The third-order valence-corrected chi connectivity index (χ3v) is 5.69. The van der Waals surface area contributed by atoms with Crippen LogP contribution in [0.3, 0.4) is 0 Å². The Kier molecular flexibility index (Phi) is 4.20. The van der Waals surface area contributed by atoms with E-state index in [1.807, 2.05) is 36.4 Å². The number of benzene rings is 1. The highest BCUT2D eigenvalue weighted by Crippen LogP contribution is 2.47. The number of methoxy groups -OCH3 is 1. The van der Waals surface area contributed by atoms with Crippen LogP contribution in [0.1, 0.15) is 38.3 Å². The Morgan fingerprint density at radius 1 is 1.17 bits per heavy atom. The monoisotopic (exact) mass is 401 g/mol. The minimum absolute atomic E-state index is 0.109. The molecule has 1 aliphatic carbocycles. The van der Waals surface area contributed by atoms with Crippen LogP contribution in [-0.2, 0) is 4.79 Å². The molecule has 1 atom stereocenters. The number of aromatic nitrogens is 4. The molecule has 1 aromatic carbocycles. The lowest BCUT2D eigenvalue weighted by atomic mass is 9.73. The van der Waals surface area contributed by atoms with E-state index in [1.54, 1.807) is 24.2 Å². The predicted molar refractivity (Wildman–Crippen MR) is 113 cm³/mol. The van der Waals surface area contributed by atoms with Crippen molar-refractivity contribution in [2.45, 2.75) is 32.7 Å². The highest BCUT2D eigenvalue weighted by Gasteiger charge is 2.42. The number of anilines is 1. The molecule has 2 aliphatic rings. The number of fused-ring (bicyclic) bond motifs is 1. The first kappa shape index (κ1) is 18.5. The van der Waals surface area contributed by atoms with Crippen LogP contribution in [0.4, 0.5) is 5.95 Å². The van der Waals surface area contributed by atoms with E-state index in [2.05, 4.69) is 24.1 Å². The van der Waals surface area contributed by atoms with Crippen molar-refractivity contribution in [1.82, 2.24) is 19.7 Å². The van der Waals surface area contributed by atoms with Crippen LogP contribution in [-0.4, -0.2) is 32.6 Å². The van der Waals surface area contributed by atoms with E-state index >= 15 is 0 Å². The lowest BCUT2D eigenvalue weighted by Crippen LogP contribution is -2.36. The topological polar surface area (TPSA) is 81.9 Å². The first-order valence-corrected chi connectivity index (χ1v) is 10.00. The molecule has 3 aromatic rings. The molecule has 0 bridgehead atoms. The summed E-state index contributed by atoms with van der Waals surface area (Å²) in [6.07, 6.45) is 4.73. The van der Waals surface area contributed by atoms with Crippen molar-refractivity contribution < 1.29 is 9.53 Å². The van der Waals surface area contributed by atoms with Gasteiger partial charge in [-0.05, 0) is 30.0 Å². The number of hydrogen-bond donors (Lipinski definition) is 1. The van der Waals surface area contributed by atoms with Crippen molar-refractivity contribution in [3.8, 4) is 17.1 Å². The second-order valence-electron chi connectivity index (χ2n) is 8.55. The number of hydrogen-bond acceptors (Lipinski definition) is 6. The number of carbonyl (C=O) groups is 1. The third-order valence-electron chi connectivity index (χ3n) is 5.69. The summed E-state index contributed by atoms with van der Waals surface area (Å²) >= 11 is 0. The van der Waals surface area contributed by atoms with Crippen molar-refractivity contribution in [3.05, 3.63) is 65.6 Å². The molecule has 3 heterocycles. The SMILES string of the molecule is COc1ccccc1C1C2=C(CC(C)(C)CC2=O)Nc2nc(-c3cccnc3)nn21. The van der Waals surface area contributed by atoms with Gasteiger partial charge in [0.1, 0.15) is 11.8 Å². The molecule has 0 saturated heterocycles. The molecule has 0 amide bonds. The fraction of sp³-hybridized carbons (Fsp3) is 0.304. The van der Waals surface area contributed by atoms with Crippen LogP contribution < -0.4 is 10.1 Å². The highest BCUT2D eigenvalue weighted by atomic mass is 16.5. The molecule has 152 valence electrons. The van der Waals surface area contributed by atoms with E-state index in [-0.39, 0.29) is 11.2 Å². The van der Waals surface area contributed by atoms with Gasteiger partial charge >= 0.3 is 0 Å². The number of nitrogens with zero attached hydrogens (tertiary/aromatic N) is 4. The summed E-state index contributed by atoms with van der Waals surface area (Å²) < 4.78 is 7.44. The van der Waals surface area contributed by atoms with Crippen molar-refractivity contribution in [2.75, 3.05) is 12.4 Å². The summed E-state index contributed by atoms with van der Waals surface area (Å²) in [5.41, 5.74) is 3.28. The molecule has 7 nitrogen and oxygen atoms in total. The van der Waals surface area contributed by atoms with Gasteiger partial charge in [-0.15, -0.1) is 5.10 Å². The number of ketones is 1. The number of nitrogens with one attached hydrogen (secondary N) is 1. The van der Waals surface area contributed by atoms with E-state index in [0.717, 1.165) is 34.6 Å². The molecular formula is C23H23N5O2. The summed E-state index contributed by atoms with van der Waals surface area (Å²) in [5.74, 6) is 2.04. The van der Waals surface area contributed by atoms with Crippen LogP contribution in [0.25, 0.3) is 11.4 Å². The summed E-state index contributed by atoms with van der Waals surface area (Å²) in [5, 5.41) is 8.18. The smallest absolute Gasteiger partial charge is 0.226 e. The molecule has 7 heteroatoms. The Morgan fingerprint density at radius 3 is 2.77 bits per heavy atom. The van der Waals surface area contributed by atoms with E-state index in [9.17, 15) is 4.79 Å². The van der Waals surface area contributed by atoms with Crippen LogP contribution in [0.5, 0.6) is 5.75 Å². The lowest BCUT2D eigenvalue weighted by Gasteiger charge is -2.38. The molecular weight excluding hydrogens is 378 g/mol. The van der Waals surface area contributed by atoms with Gasteiger partial charge in [-0.25, -0.2) is 4.68 Å². The first-order valence-electron chi connectivity index (χ1n) is 10.00. The summed E-state index contributed by atoms with van der Waals surface area (Å²) in [4.78, 5) is 22.2. The Bertz CT molecular complexity index is 1160. The molecule has 1 aliphatic heterocycles. The Labute approximate surface area is 174 Å². The highest BCUT2D eigenvalue weighted by molar-refractivity contribution is 6.00. The summed E-state index contributed by atoms with van der Waals surface area (Å²) in [6.45, 7) is 4.24. The maximum atomic E-state index is 13.3. The van der Waals surface area contributed by atoms with Gasteiger partial charge in [0.2, 0.25) is 5.95 Å². The quantitative estimate of drug-likeness (QED) is 0.714. The Morgan fingerprint density at radius 2 is 2.00 bits per heavy atom. The average molecular weight is 401 g/mol. The van der Waals surface area contributed by atoms with E-state index < -0.39 is 6.04 Å². The molecule has 2 aromatic heterocycles. The minimum atomic E-state index is -0.395. The van der Waals surface area contributed by atoms with Crippen LogP contribution in [0.15, 0.2) is 60.1 Å². The second kappa shape index (κ2) is 6.79. The van der Waals surface area contributed by atoms with Crippen molar-refractivity contribution in [1.29, 1.82) is 0 Å². The molecule has 1 N–H and O–H groups in total. The molecule has 30 heavy (non-hydrogen) atoms. The van der Waals surface area contributed by atoms with Gasteiger partial charge in [0, 0.05) is 41.2 Å². The average Bonchev–Trinajstić information content (AvgIpc) is 3.15. The summed E-state index contributed by atoms with van der Waals surface area (Å²) in [6, 6.07) is 11.2. The van der Waals surface area contributed by atoms with Gasteiger partial charge in [-0.3, -0.25) is 9.78 Å². The largest absolute Gasteiger partial charge is 0.496 e. The normalized spacial score (nSPS) is 19.7. The Hall–Kier alpha value is -3.48. The zero-order chi connectivity index (χ0) is 20.9. The van der Waals surface area contributed by atoms with E-state index in [1.165, 1.54) is 0 Å². The van der Waals surface area contributed by atoms with Gasteiger partial charge in [0.05, 0.1) is 7.11 Å². The van der Waals surface area contributed by atoms with Gasteiger partial charge in [-0.1, -0.05) is 32.0 Å². The van der Waals surface area contributed by atoms with Crippen LogP contribution >= 0.6 is 0 Å². The fourth-order valence-electron chi connectivity index (χ4n) is 4.41.